The second-order valence-electron chi connectivity index (χ2n) is 6.85. The normalized spacial score (nSPS) is 10.8. The molecule has 3 aromatic carbocycles. The van der Waals surface area contributed by atoms with Gasteiger partial charge in [0.15, 0.2) is 0 Å². The number of benzene rings is 3. The van der Waals surface area contributed by atoms with E-state index >= 15 is 0 Å². The molecule has 0 aliphatic heterocycles. The number of ether oxygens (including phenoxy) is 2. The van der Waals surface area contributed by atoms with Gasteiger partial charge >= 0.3 is 0 Å². The Bertz CT molecular complexity index is 1260. The minimum absolute atomic E-state index is 0.0454. The van der Waals surface area contributed by atoms with Gasteiger partial charge < -0.3 is 14.8 Å². The SMILES string of the molecule is COc1ccc(NS(=O)(=O)c2cc(NC(=O)Cc3ccc([N+](=O)[O-])cc3)ccc2OC)cc1. The van der Waals surface area contributed by atoms with E-state index in [2.05, 4.69) is 10.0 Å². The number of hydrogen-bond acceptors (Lipinski definition) is 7. The molecular formula is C22H21N3O7S. The molecule has 0 saturated heterocycles. The molecule has 0 radical (unpaired) electrons. The van der Waals surface area contributed by atoms with Crippen molar-refractivity contribution in [2.75, 3.05) is 24.3 Å². The molecule has 0 aliphatic rings. The second kappa shape index (κ2) is 10.0. The van der Waals surface area contributed by atoms with Crippen LogP contribution in [0.2, 0.25) is 0 Å². The van der Waals surface area contributed by atoms with Crippen LogP contribution in [0, 0.1) is 10.1 Å². The van der Waals surface area contributed by atoms with E-state index < -0.39 is 20.9 Å². The van der Waals surface area contributed by atoms with E-state index in [1.165, 1.54) is 56.7 Å². The molecule has 3 aromatic rings. The number of carbonyl (C=O) groups is 1. The molecule has 0 aliphatic carbocycles. The molecule has 33 heavy (non-hydrogen) atoms. The largest absolute Gasteiger partial charge is 0.497 e. The van der Waals surface area contributed by atoms with Gasteiger partial charge in [-0.15, -0.1) is 0 Å². The molecule has 11 heteroatoms. The Morgan fingerprint density at radius 1 is 0.939 bits per heavy atom. The molecule has 0 aromatic heterocycles. The number of nitrogens with one attached hydrogen (secondary N) is 2. The lowest BCUT2D eigenvalue weighted by atomic mass is 10.1. The molecule has 3 rings (SSSR count). The third-order valence-electron chi connectivity index (χ3n) is 4.59. The zero-order chi connectivity index (χ0) is 24.0. The number of non-ortho nitro benzene ring substituents is 1. The lowest BCUT2D eigenvalue weighted by Gasteiger charge is -2.14. The first-order valence-corrected chi connectivity index (χ1v) is 11.1. The van der Waals surface area contributed by atoms with Crippen LogP contribution in [0.15, 0.2) is 71.6 Å². The lowest BCUT2D eigenvalue weighted by Crippen LogP contribution is -2.17. The highest BCUT2D eigenvalue weighted by Gasteiger charge is 2.21. The summed E-state index contributed by atoms with van der Waals surface area (Å²) in [7, 11) is -1.19. The number of carbonyl (C=O) groups excluding carboxylic acids is 1. The Morgan fingerprint density at radius 3 is 2.15 bits per heavy atom. The van der Waals surface area contributed by atoms with Gasteiger partial charge in [-0.1, -0.05) is 12.1 Å². The van der Waals surface area contributed by atoms with Gasteiger partial charge in [0, 0.05) is 23.5 Å². The average Bonchev–Trinajstić information content (AvgIpc) is 2.79. The summed E-state index contributed by atoms with van der Waals surface area (Å²) in [6, 6.07) is 16.2. The minimum atomic E-state index is -4.04. The van der Waals surface area contributed by atoms with E-state index in [0.29, 0.717) is 17.0 Å². The smallest absolute Gasteiger partial charge is 0.269 e. The van der Waals surface area contributed by atoms with Gasteiger partial charge in [0.05, 0.1) is 25.6 Å². The maximum atomic E-state index is 13.0. The molecule has 0 fully saturated rings. The first-order valence-electron chi connectivity index (χ1n) is 9.60. The number of methoxy groups -OCH3 is 2. The highest BCUT2D eigenvalue weighted by molar-refractivity contribution is 7.92. The fraction of sp³-hybridized carbons (Fsp3) is 0.136. The van der Waals surface area contributed by atoms with Gasteiger partial charge in [0.1, 0.15) is 16.4 Å². The zero-order valence-electron chi connectivity index (χ0n) is 17.8. The molecule has 0 unspecified atom stereocenters. The summed E-state index contributed by atoms with van der Waals surface area (Å²) in [5, 5.41) is 13.4. The molecule has 10 nitrogen and oxygen atoms in total. The van der Waals surface area contributed by atoms with Crippen LogP contribution in [-0.4, -0.2) is 33.5 Å². The summed E-state index contributed by atoms with van der Waals surface area (Å²) >= 11 is 0. The molecule has 2 N–H and O–H groups in total. The van der Waals surface area contributed by atoms with Gasteiger partial charge in [0.2, 0.25) is 5.91 Å². The van der Waals surface area contributed by atoms with Crippen LogP contribution in [-0.2, 0) is 21.2 Å². The number of amides is 1. The first kappa shape index (κ1) is 23.5. The molecule has 0 spiro atoms. The van der Waals surface area contributed by atoms with Crippen LogP contribution < -0.4 is 19.5 Å². The Hall–Kier alpha value is -4.12. The lowest BCUT2D eigenvalue weighted by molar-refractivity contribution is -0.384. The van der Waals surface area contributed by atoms with Gasteiger partial charge in [-0.05, 0) is 48.0 Å². The van der Waals surface area contributed by atoms with E-state index in [-0.39, 0.29) is 28.4 Å². The van der Waals surface area contributed by atoms with Crippen molar-refractivity contribution in [3.05, 3.63) is 82.4 Å². The number of rotatable bonds is 9. The van der Waals surface area contributed by atoms with Crippen molar-refractivity contribution in [3.63, 3.8) is 0 Å². The Balaban J connectivity index is 1.77. The summed E-state index contributed by atoms with van der Waals surface area (Å²) in [6.07, 6.45) is -0.0454. The third-order valence-corrected chi connectivity index (χ3v) is 5.99. The van der Waals surface area contributed by atoms with E-state index in [0.717, 1.165) is 0 Å². The predicted octanol–water partition coefficient (Wildman–Crippen LogP) is 3.59. The van der Waals surface area contributed by atoms with Gasteiger partial charge in [-0.2, -0.15) is 0 Å². The molecule has 0 heterocycles. The number of sulfonamides is 1. The quantitative estimate of drug-likeness (QED) is 0.359. The number of nitro benzene ring substituents is 1. The van der Waals surface area contributed by atoms with Gasteiger partial charge in [0.25, 0.3) is 15.7 Å². The summed E-state index contributed by atoms with van der Waals surface area (Å²) in [6.45, 7) is 0. The summed E-state index contributed by atoms with van der Waals surface area (Å²) < 4.78 is 38.6. The maximum Gasteiger partial charge on any atom is 0.269 e. The first-order chi connectivity index (χ1) is 15.7. The summed E-state index contributed by atoms with van der Waals surface area (Å²) in [4.78, 5) is 22.5. The predicted molar refractivity (Wildman–Crippen MR) is 122 cm³/mol. The van der Waals surface area contributed by atoms with Crippen molar-refractivity contribution in [3.8, 4) is 11.5 Å². The highest BCUT2D eigenvalue weighted by Crippen LogP contribution is 2.29. The Morgan fingerprint density at radius 2 is 1.58 bits per heavy atom. The number of hydrogen-bond donors (Lipinski definition) is 2. The molecule has 0 atom stereocenters. The fourth-order valence-corrected chi connectivity index (χ4v) is 4.21. The Kier molecular flexibility index (Phi) is 7.13. The Labute approximate surface area is 190 Å². The van der Waals surface area contributed by atoms with Crippen LogP contribution in [0.5, 0.6) is 11.5 Å². The molecule has 0 bridgehead atoms. The van der Waals surface area contributed by atoms with Crippen LogP contribution in [0.25, 0.3) is 0 Å². The number of nitro groups is 1. The van der Waals surface area contributed by atoms with Crippen molar-refractivity contribution in [1.82, 2.24) is 0 Å². The number of nitrogens with zero attached hydrogens (tertiary/aromatic N) is 1. The third kappa shape index (κ3) is 5.98. The standard InChI is InChI=1S/C22H21N3O7S/c1-31-19-10-5-16(6-11-19)24-33(29,30)21-14-17(7-12-20(21)32-2)23-22(26)13-15-3-8-18(9-4-15)25(27)28/h3-12,14,24H,13H2,1-2H3,(H,23,26). The molecular weight excluding hydrogens is 450 g/mol. The molecule has 172 valence electrons. The topological polar surface area (TPSA) is 137 Å². The number of anilines is 2. The van der Waals surface area contributed by atoms with Gasteiger partial charge in [-0.3, -0.25) is 19.6 Å². The maximum absolute atomic E-state index is 13.0. The van der Waals surface area contributed by atoms with Crippen molar-refractivity contribution >= 4 is 33.0 Å². The van der Waals surface area contributed by atoms with Crippen molar-refractivity contribution in [2.45, 2.75) is 11.3 Å². The van der Waals surface area contributed by atoms with Crippen molar-refractivity contribution in [2.24, 2.45) is 0 Å². The monoisotopic (exact) mass is 471 g/mol. The van der Waals surface area contributed by atoms with Crippen molar-refractivity contribution < 1.29 is 27.6 Å². The zero-order valence-corrected chi connectivity index (χ0v) is 18.6. The van der Waals surface area contributed by atoms with Crippen LogP contribution in [0.4, 0.5) is 17.1 Å². The molecule has 0 saturated carbocycles. The summed E-state index contributed by atoms with van der Waals surface area (Å²) in [5.74, 6) is 0.262. The highest BCUT2D eigenvalue weighted by atomic mass is 32.2. The van der Waals surface area contributed by atoms with E-state index in [1.807, 2.05) is 0 Å². The van der Waals surface area contributed by atoms with Crippen LogP contribution in [0.3, 0.4) is 0 Å². The van der Waals surface area contributed by atoms with Gasteiger partial charge in [-0.25, -0.2) is 8.42 Å². The second-order valence-corrected chi connectivity index (χ2v) is 8.50. The van der Waals surface area contributed by atoms with E-state index in [1.54, 1.807) is 24.3 Å². The average molecular weight is 471 g/mol. The van der Waals surface area contributed by atoms with Crippen LogP contribution in [0.1, 0.15) is 5.56 Å². The minimum Gasteiger partial charge on any atom is -0.497 e. The summed E-state index contributed by atoms with van der Waals surface area (Å²) in [5.41, 5.74) is 1.07. The fourth-order valence-electron chi connectivity index (χ4n) is 2.96. The van der Waals surface area contributed by atoms with Crippen molar-refractivity contribution in [1.29, 1.82) is 0 Å². The van der Waals surface area contributed by atoms with Crippen LogP contribution >= 0.6 is 0 Å². The van der Waals surface area contributed by atoms with E-state index in [4.69, 9.17) is 9.47 Å². The van der Waals surface area contributed by atoms with E-state index in [9.17, 15) is 23.3 Å². The molecule has 1 amide bonds.